The first-order valence-corrected chi connectivity index (χ1v) is 6.59. The lowest BCUT2D eigenvalue weighted by Crippen LogP contribution is -2.13. The molecule has 2 N–H and O–H groups in total. The number of hydrogen-bond acceptors (Lipinski definition) is 3. The van der Waals surface area contributed by atoms with Crippen LogP contribution in [0.4, 0.5) is 8.78 Å². The summed E-state index contributed by atoms with van der Waals surface area (Å²) in [5, 5.41) is 7.58. The van der Waals surface area contributed by atoms with Crippen LogP contribution in [0.3, 0.4) is 0 Å². The van der Waals surface area contributed by atoms with E-state index in [0.29, 0.717) is 12.4 Å². The fraction of sp³-hybridized carbons (Fsp3) is 0.385. The molecule has 0 amide bonds. The molecule has 1 aromatic carbocycles. The van der Waals surface area contributed by atoms with E-state index in [-0.39, 0.29) is 28.9 Å². The molecule has 0 atom stereocenters. The Kier molecular flexibility index (Phi) is 4.35. The van der Waals surface area contributed by atoms with Crippen molar-refractivity contribution in [3.8, 4) is 11.4 Å². The number of benzene rings is 1. The van der Waals surface area contributed by atoms with Gasteiger partial charge in [0.1, 0.15) is 17.5 Å². The van der Waals surface area contributed by atoms with Gasteiger partial charge in [-0.1, -0.05) is 25.4 Å². The van der Waals surface area contributed by atoms with Crippen molar-refractivity contribution >= 4 is 11.6 Å². The van der Waals surface area contributed by atoms with E-state index < -0.39 is 11.6 Å². The van der Waals surface area contributed by atoms with E-state index in [4.69, 9.17) is 17.3 Å². The first-order chi connectivity index (χ1) is 9.43. The molecular formula is C13H15ClF2N4. The molecule has 0 aliphatic carbocycles. The topological polar surface area (TPSA) is 56.7 Å². The summed E-state index contributed by atoms with van der Waals surface area (Å²) in [5.74, 6) is -0.264. The molecule has 0 aliphatic rings. The van der Waals surface area contributed by atoms with Gasteiger partial charge in [0.2, 0.25) is 0 Å². The van der Waals surface area contributed by atoms with Gasteiger partial charge in [-0.2, -0.15) is 0 Å². The van der Waals surface area contributed by atoms with Crippen LogP contribution in [0.2, 0.25) is 5.02 Å². The van der Waals surface area contributed by atoms with Crippen LogP contribution >= 0.6 is 11.6 Å². The normalized spacial score (nSPS) is 11.3. The Balaban J connectivity index is 2.58. The Morgan fingerprint density at radius 1 is 1.25 bits per heavy atom. The predicted octanol–water partition coefficient (Wildman–Crippen LogP) is 2.99. The van der Waals surface area contributed by atoms with Gasteiger partial charge in [0.25, 0.3) is 0 Å². The first-order valence-electron chi connectivity index (χ1n) is 6.21. The molecule has 0 fully saturated rings. The second kappa shape index (κ2) is 5.85. The minimum absolute atomic E-state index is 0.0275. The summed E-state index contributed by atoms with van der Waals surface area (Å²) in [6, 6.07) is 1.96. The lowest BCUT2D eigenvalue weighted by atomic mass is 10.1. The molecule has 0 bridgehead atoms. The third kappa shape index (κ3) is 2.81. The number of aromatic nitrogens is 3. The van der Waals surface area contributed by atoms with Crippen molar-refractivity contribution in [2.45, 2.75) is 26.9 Å². The molecule has 1 aromatic heterocycles. The van der Waals surface area contributed by atoms with Gasteiger partial charge in [0.05, 0.1) is 17.1 Å². The molecule has 2 aromatic rings. The minimum atomic E-state index is -0.698. The van der Waals surface area contributed by atoms with Crippen molar-refractivity contribution < 1.29 is 8.78 Å². The van der Waals surface area contributed by atoms with Crippen LogP contribution in [0, 0.1) is 17.6 Å². The Morgan fingerprint density at radius 2 is 1.95 bits per heavy atom. The number of nitrogens with zero attached hydrogens (tertiary/aromatic N) is 3. The summed E-state index contributed by atoms with van der Waals surface area (Å²) < 4.78 is 29.2. The standard InChI is InChI=1S/C13H15ClF2N4/c1-7(2)6-20-12(5-17)18-19-13(20)8-3-11(16)9(14)4-10(8)15/h3-4,7H,5-6,17H2,1-2H3. The highest BCUT2D eigenvalue weighted by atomic mass is 35.5. The van der Waals surface area contributed by atoms with Crippen LogP contribution in [0.25, 0.3) is 11.4 Å². The highest BCUT2D eigenvalue weighted by Crippen LogP contribution is 2.27. The average Bonchev–Trinajstić information content (AvgIpc) is 2.76. The molecule has 0 saturated carbocycles. The highest BCUT2D eigenvalue weighted by molar-refractivity contribution is 6.30. The van der Waals surface area contributed by atoms with Crippen molar-refractivity contribution in [3.63, 3.8) is 0 Å². The molecule has 108 valence electrons. The van der Waals surface area contributed by atoms with Gasteiger partial charge >= 0.3 is 0 Å². The zero-order valence-electron chi connectivity index (χ0n) is 11.2. The van der Waals surface area contributed by atoms with Crippen LogP contribution in [0.5, 0.6) is 0 Å². The molecule has 0 saturated heterocycles. The van der Waals surface area contributed by atoms with Crippen LogP contribution in [-0.4, -0.2) is 14.8 Å². The lowest BCUT2D eigenvalue weighted by molar-refractivity contribution is 0.508. The third-order valence-corrected chi connectivity index (χ3v) is 3.10. The van der Waals surface area contributed by atoms with Crippen molar-refractivity contribution in [3.05, 3.63) is 34.6 Å². The monoisotopic (exact) mass is 300 g/mol. The maximum absolute atomic E-state index is 14.0. The molecule has 0 spiro atoms. The zero-order chi connectivity index (χ0) is 14.9. The quantitative estimate of drug-likeness (QED) is 0.883. The summed E-state index contributed by atoms with van der Waals surface area (Å²) >= 11 is 5.55. The Labute approximate surface area is 120 Å². The van der Waals surface area contributed by atoms with Crippen LogP contribution in [-0.2, 0) is 13.1 Å². The number of hydrogen-bond donors (Lipinski definition) is 1. The smallest absolute Gasteiger partial charge is 0.167 e. The maximum atomic E-state index is 14.0. The molecular weight excluding hydrogens is 286 g/mol. The van der Waals surface area contributed by atoms with Crippen LogP contribution in [0.1, 0.15) is 19.7 Å². The Hall–Kier alpha value is -1.53. The zero-order valence-corrected chi connectivity index (χ0v) is 12.0. The minimum Gasteiger partial charge on any atom is -0.324 e. The predicted molar refractivity (Wildman–Crippen MR) is 73.1 cm³/mol. The third-order valence-electron chi connectivity index (χ3n) is 2.81. The number of rotatable bonds is 4. The number of halogens is 3. The highest BCUT2D eigenvalue weighted by Gasteiger charge is 2.19. The van der Waals surface area contributed by atoms with Gasteiger partial charge in [-0.05, 0) is 18.1 Å². The molecule has 20 heavy (non-hydrogen) atoms. The fourth-order valence-corrected chi connectivity index (χ4v) is 2.09. The van der Waals surface area contributed by atoms with E-state index in [1.165, 1.54) is 0 Å². The number of nitrogens with two attached hydrogens (primary N) is 1. The summed E-state index contributed by atoms with van der Waals surface area (Å²) in [5.41, 5.74) is 5.63. The molecule has 4 nitrogen and oxygen atoms in total. The summed E-state index contributed by atoms with van der Waals surface area (Å²) in [7, 11) is 0. The summed E-state index contributed by atoms with van der Waals surface area (Å²) in [6.45, 7) is 4.75. The van der Waals surface area contributed by atoms with Gasteiger partial charge in [0, 0.05) is 6.54 Å². The maximum Gasteiger partial charge on any atom is 0.167 e. The van der Waals surface area contributed by atoms with E-state index in [0.717, 1.165) is 12.1 Å². The fourth-order valence-electron chi connectivity index (χ4n) is 1.94. The van der Waals surface area contributed by atoms with E-state index in [1.54, 1.807) is 4.57 Å². The van der Waals surface area contributed by atoms with Crippen molar-refractivity contribution in [2.75, 3.05) is 0 Å². The first kappa shape index (κ1) is 14.9. The molecule has 0 unspecified atom stereocenters. The van der Waals surface area contributed by atoms with Crippen molar-refractivity contribution in [1.29, 1.82) is 0 Å². The van der Waals surface area contributed by atoms with Crippen molar-refractivity contribution in [2.24, 2.45) is 11.7 Å². The van der Waals surface area contributed by atoms with Gasteiger partial charge in [-0.15, -0.1) is 10.2 Å². The van der Waals surface area contributed by atoms with Gasteiger partial charge < -0.3 is 10.3 Å². The molecule has 7 heteroatoms. The van der Waals surface area contributed by atoms with E-state index >= 15 is 0 Å². The van der Waals surface area contributed by atoms with Gasteiger partial charge in [-0.3, -0.25) is 0 Å². The van der Waals surface area contributed by atoms with E-state index in [1.807, 2.05) is 13.8 Å². The van der Waals surface area contributed by atoms with Crippen molar-refractivity contribution in [1.82, 2.24) is 14.8 Å². The summed E-state index contributed by atoms with van der Waals surface area (Å²) in [4.78, 5) is 0. The second-order valence-electron chi connectivity index (χ2n) is 4.89. The van der Waals surface area contributed by atoms with E-state index in [9.17, 15) is 8.78 Å². The molecule has 0 aliphatic heterocycles. The molecule has 2 rings (SSSR count). The Bertz CT molecular complexity index is 625. The average molecular weight is 301 g/mol. The van der Waals surface area contributed by atoms with Crippen LogP contribution < -0.4 is 5.73 Å². The SMILES string of the molecule is CC(C)Cn1c(CN)nnc1-c1cc(F)c(Cl)cc1F. The largest absolute Gasteiger partial charge is 0.324 e. The second-order valence-corrected chi connectivity index (χ2v) is 5.30. The lowest BCUT2D eigenvalue weighted by Gasteiger charge is -2.12. The molecule has 1 heterocycles. The summed E-state index contributed by atoms with van der Waals surface area (Å²) in [6.07, 6.45) is 0. The van der Waals surface area contributed by atoms with Gasteiger partial charge in [0.15, 0.2) is 5.82 Å². The Morgan fingerprint density at radius 3 is 2.55 bits per heavy atom. The van der Waals surface area contributed by atoms with Gasteiger partial charge in [-0.25, -0.2) is 8.78 Å². The van der Waals surface area contributed by atoms with E-state index in [2.05, 4.69) is 10.2 Å². The molecule has 0 radical (unpaired) electrons. The van der Waals surface area contributed by atoms with Crippen LogP contribution in [0.15, 0.2) is 12.1 Å².